The zero-order valence-electron chi connectivity index (χ0n) is 13.5. The molecule has 0 spiro atoms. The van der Waals surface area contributed by atoms with Crippen molar-refractivity contribution in [3.05, 3.63) is 33.6 Å². The van der Waals surface area contributed by atoms with Crippen LogP contribution in [0.3, 0.4) is 0 Å². The molecule has 0 amide bonds. The van der Waals surface area contributed by atoms with Crippen molar-refractivity contribution in [3.63, 3.8) is 0 Å². The van der Waals surface area contributed by atoms with Gasteiger partial charge in [0.05, 0.1) is 18.0 Å². The maximum Gasteiger partial charge on any atom is 0.318 e. The van der Waals surface area contributed by atoms with Crippen LogP contribution in [0.1, 0.15) is 20.8 Å². The number of aromatic nitrogens is 2. The fourth-order valence-electron chi connectivity index (χ4n) is 2.16. The van der Waals surface area contributed by atoms with Gasteiger partial charge < -0.3 is 4.74 Å². The first-order valence-electron chi connectivity index (χ1n) is 7.28. The molecule has 0 aliphatic heterocycles. The molecule has 0 bridgehead atoms. The van der Waals surface area contributed by atoms with Crippen molar-refractivity contribution in [2.75, 3.05) is 7.11 Å². The molecule has 0 unspecified atom stereocenters. The highest BCUT2D eigenvalue weighted by atomic mass is 35.5. The third-order valence-electron chi connectivity index (χ3n) is 3.24. The molecule has 0 saturated carbocycles. The number of ether oxygens (including phenoxy) is 1. The summed E-state index contributed by atoms with van der Waals surface area (Å²) in [5.41, 5.74) is 0.421. The Kier molecular flexibility index (Phi) is 5.70. The zero-order chi connectivity index (χ0) is 17.1. The number of nitrogens with zero attached hydrogens (tertiary/aromatic N) is 2. The number of halogens is 1. The summed E-state index contributed by atoms with van der Waals surface area (Å²) in [5.74, 6) is -0.0875. The summed E-state index contributed by atoms with van der Waals surface area (Å²) in [5, 5.41) is 1.04. The van der Waals surface area contributed by atoms with E-state index in [0.29, 0.717) is 27.6 Å². The van der Waals surface area contributed by atoms with E-state index in [2.05, 4.69) is 4.98 Å². The highest BCUT2D eigenvalue weighted by Crippen LogP contribution is 2.24. The van der Waals surface area contributed by atoms with E-state index in [1.807, 2.05) is 13.8 Å². The number of carbonyl (C=O) groups excluding carboxylic acids is 1. The summed E-state index contributed by atoms with van der Waals surface area (Å²) in [6, 6.07) is 5.04. The Morgan fingerprint density at radius 2 is 2.09 bits per heavy atom. The Morgan fingerprint density at radius 3 is 2.70 bits per heavy atom. The van der Waals surface area contributed by atoms with E-state index in [0.717, 1.165) is 0 Å². The minimum absolute atomic E-state index is 0.147. The third-order valence-corrected chi connectivity index (χ3v) is 4.55. The molecular formula is C16H19ClN2O3S. The number of thioether (sulfide) groups is 1. The van der Waals surface area contributed by atoms with Gasteiger partial charge in [0.15, 0.2) is 5.16 Å². The highest BCUT2D eigenvalue weighted by molar-refractivity contribution is 8.00. The minimum Gasteiger partial charge on any atom is -0.468 e. The molecule has 124 valence electrons. The van der Waals surface area contributed by atoms with Crippen molar-refractivity contribution in [2.24, 2.45) is 5.92 Å². The van der Waals surface area contributed by atoms with Gasteiger partial charge in [0.1, 0.15) is 5.25 Å². The van der Waals surface area contributed by atoms with Crippen LogP contribution < -0.4 is 5.56 Å². The van der Waals surface area contributed by atoms with E-state index in [9.17, 15) is 9.59 Å². The Hall–Kier alpha value is -1.53. The molecule has 1 aromatic carbocycles. The van der Waals surface area contributed by atoms with Crippen LogP contribution >= 0.6 is 23.4 Å². The number of hydrogen-bond donors (Lipinski definition) is 0. The van der Waals surface area contributed by atoms with Gasteiger partial charge in [0, 0.05) is 11.6 Å². The number of benzene rings is 1. The molecule has 1 aromatic heterocycles. The molecule has 0 aliphatic carbocycles. The Balaban J connectivity index is 2.59. The van der Waals surface area contributed by atoms with E-state index < -0.39 is 5.25 Å². The summed E-state index contributed by atoms with van der Waals surface area (Å²) >= 11 is 7.21. The van der Waals surface area contributed by atoms with Crippen molar-refractivity contribution in [1.29, 1.82) is 0 Å². The van der Waals surface area contributed by atoms with E-state index in [1.54, 1.807) is 29.7 Å². The lowest BCUT2D eigenvalue weighted by Gasteiger charge is -2.16. The number of carbonyl (C=O) groups is 1. The molecule has 0 radical (unpaired) electrons. The average Bonchev–Trinajstić information content (AvgIpc) is 2.50. The number of rotatable bonds is 5. The predicted molar refractivity (Wildman–Crippen MR) is 93.2 cm³/mol. The largest absolute Gasteiger partial charge is 0.468 e. The summed E-state index contributed by atoms with van der Waals surface area (Å²) in [6.45, 7) is 6.29. The lowest BCUT2D eigenvalue weighted by molar-refractivity contribution is -0.139. The van der Waals surface area contributed by atoms with Gasteiger partial charge in [-0.2, -0.15) is 0 Å². The highest BCUT2D eigenvalue weighted by Gasteiger charge is 2.20. The molecule has 2 rings (SSSR count). The van der Waals surface area contributed by atoms with Gasteiger partial charge in [0.25, 0.3) is 5.56 Å². The summed E-state index contributed by atoms with van der Waals surface area (Å²) in [4.78, 5) is 29.0. The second-order valence-electron chi connectivity index (χ2n) is 5.65. The topological polar surface area (TPSA) is 61.2 Å². The van der Waals surface area contributed by atoms with Crippen LogP contribution in [0.5, 0.6) is 0 Å². The van der Waals surface area contributed by atoms with E-state index in [-0.39, 0.29) is 17.4 Å². The van der Waals surface area contributed by atoms with E-state index in [1.165, 1.54) is 18.9 Å². The number of fused-ring (bicyclic) bond motifs is 1. The molecule has 7 heteroatoms. The van der Waals surface area contributed by atoms with Gasteiger partial charge >= 0.3 is 5.97 Å². The maximum absolute atomic E-state index is 12.8. The van der Waals surface area contributed by atoms with Crippen molar-refractivity contribution in [1.82, 2.24) is 9.55 Å². The Bertz CT molecular complexity index is 789. The summed E-state index contributed by atoms with van der Waals surface area (Å²) < 4.78 is 6.35. The molecule has 5 nitrogen and oxygen atoms in total. The molecular weight excluding hydrogens is 336 g/mol. The predicted octanol–water partition coefficient (Wildman–Crippen LogP) is 3.36. The Labute approximate surface area is 144 Å². The number of methoxy groups -OCH3 is 1. The van der Waals surface area contributed by atoms with Gasteiger partial charge in [-0.05, 0) is 31.0 Å². The van der Waals surface area contributed by atoms with Crippen LogP contribution in [0, 0.1) is 5.92 Å². The number of hydrogen-bond acceptors (Lipinski definition) is 5. The van der Waals surface area contributed by atoms with E-state index >= 15 is 0 Å². The van der Waals surface area contributed by atoms with Crippen molar-refractivity contribution < 1.29 is 9.53 Å². The molecule has 23 heavy (non-hydrogen) atoms. The van der Waals surface area contributed by atoms with Gasteiger partial charge in [-0.1, -0.05) is 37.2 Å². The van der Waals surface area contributed by atoms with Gasteiger partial charge in [-0.25, -0.2) is 4.98 Å². The fourth-order valence-corrected chi connectivity index (χ4v) is 3.28. The van der Waals surface area contributed by atoms with Gasteiger partial charge in [-0.3, -0.25) is 14.2 Å². The van der Waals surface area contributed by atoms with Crippen LogP contribution in [-0.4, -0.2) is 27.9 Å². The average molecular weight is 355 g/mol. The van der Waals surface area contributed by atoms with Crippen LogP contribution in [-0.2, 0) is 16.1 Å². The molecule has 2 aromatic rings. The van der Waals surface area contributed by atoms with Crippen molar-refractivity contribution in [3.8, 4) is 0 Å². The maximum atomic E-state index is 12.8. The van der Waals surface area contributed by atoms with Crippen LogP contribution in [0.15, 0.2) is 28.2 Å². The lowest BCUT2D eigenvalue weighted by Crippen LogP contribution is -2.27. The lowest BCUT2D eigenvalue weighted by atomic mass is 10.2. The molecule has 1 atom stereocenters. The second-order valence-corrected chi connectivity index (χ2v) is 7.39. The molecule has 0 aliphatic rings. The quantitative estimate of drug-likeness (QED) is 0.468. The smallest absolute Gasteiger partial charge is 0.318 e. The van der Waals surface area contributed by atoms with Crippen molar-refractivity contribution >= 4 is 40.2 Å². The monoisotopic (exact) mass is 354 g/mol. The normalized spacial score (nSPS) is 12.6. The third kappa shape index (κ3) is 4.06. The molecule has 1 heterocycles. The van der Waals surface area contributed by atoms with E-state index in [4.69, 9.17) is 16.3 Å². The molecule has 0 N–H and O–H groups in total. The number of esters is 1. The standard InChI is InChI=1S/C16H19ClN2O3S/c1-9(2)8-19-14(20)12-7-11(17)5-6-13(12)18-16(19)23-10(3)15(21)22-4/h5-7,9-10H,8H2,1-4H3/t10-/m1/s1. The molecule has 0 fully saturated rings. The molecule has 0 saturated heterocycles. The van der Waals surface area contributed by atoms with Crippen LogP contribution in [0.4, 0.5) is 0 Å². The van der Waals surface area contributed by atoms with Crippen molar-refractivity contribution in [2.45, 2.75) is 37.7 Å². The minimum atomic E-state index is -0.449. The summed E-state index contributed by atoms with van der Waals surface area (Å²) in [7, 11) is 1.34. The first kappa shape index (κ1) is 17.8. The fraction of sp³-hybridized carbons (Fsp3) is 0.438. The van der Waals surface area contributed by atoms with Crippen LogP contribution in [0.2, 0.25) is 5.02 Å². The van der Waals surface area contributed by atoms with Gasteiger partial charge in [0.2, 0.25) is 0 Å². The zero-order valence-corrected chi connectivity index (χ0v) is 15.1. The van der Waals surface area contributed by atoms with Crippen LogP contribution in [0.25, 0.3) is 10.9 Å². The first-order chi connectivity index (χ1) is 10.8. The Morgan fingerprint density at radius 1 is 1.39 bits per heavy atom. The van der Waals surface area contributed by atoms with Gasteiger partial charge in [-0.15, -0.1) is 0 Å². The summed E-state index contributed by atoms with van der Waals surface area (Å²) in [6.07, 6.45) is 0. The second kappa shape index (κ2) is 7.36. The first-order valence-corrected chi connectivity index (χ1v) is 8.53. The SMILES string of the molecule is COC(=O)[C@@H](C)Sc1nc2ccc(Cl)cc2c(=O)n1CC(C)C.